The topological polar surface area (TPSA) is 14.1 Å². The van der Waals surface area contributed by atoms with Gasteiger partial charge < -0.3 is 21.5 Å². The summed E-state index contributed by atoms with van der Waals surface area (Å²) in [6, 6.07) is 25.0. The molecule has 0 heterocycles. The van der Waals surface area contributed by atoms with Crippen LogP contribution in [0.3, 0.4) is 0 Å². The molecular weight excluding hydrogens is 504 g/mol. The van der Waals surface area contributed by atoms with Crippen LogP contribution in [0.25, 0.3) is 4.98 Å². The maximum atomic E-state index is 15.3. The number of halogens is 2. The third kappa shape index (κ3) is 14.3. The minimum absolute atomic E-state index is 0. The fraction of sp³-hybridized carbons (Fsp3) is 0.500. The Bertz CT molecular complexity index is 506. The summed E-state index contributed by atoms with van der Waals surface area (Å²) in [6.45, 7) is 17.8. The smallest absolute Gasteiger partial charge is 1.00 e. The predicted molar refractivity (Wildman–Crippen MR) is 126 cm³/mol. The number of benzene rings is 2. The van der Waals surface area contributed by atoms with Gasteiger partial charge in [-0.1, -0.05) is 123 Å². The molecule has 1 nitrogen and oxygen atoms in total. The summed E-state index contributed by atoms with van der Waals surface area (Å²) in [5.74, 6) is 0. The van der Waals surface area contributed by atoms with E-state index in [4.69, 9.17) is 0 Å². The molecule has 0 aliphatic carbocycles. The second-order valence-corrected chi connectivity index (χ2v) is 14.0. The van der Waals surface area contributed by atoms with Crippen molar-refractivity contribution >= 4 is 32.5 Å². The van der Waals surface area contributed by atoms with E-state index in [0.717, 1.165) is 0 Å². The normalized spacial score (nSPS) is 11.4. The average molecular weight is 541 g/mol. The van der Waals surface area contributed by atoms with Gasteiger partial charge in [-0.25, -0.2) is 0 Å². The Morgan fingerprint density at radius 2 is 0.897 bits per heavy atom. The second-order valence-electron chi connectivity index (χ2n) is 9.56. The Kier molecular flexibility index (Phi) is 16.8. The van der Waals surface area contributed by atoms with Gasteiger partial charge in [0.25, 0.3) is 0 Å². The van der Waals surface area contributed by atoms with E-state index in [-0.39, 0.29) is 51.9 Å². The summed E-state index contributed by atoms with van der Waals surface area (Å²) in [6.07, 6.45) is 0. The molecule has 0 bridgehead atoms. The molecule has 0 unspecified atom stereocenters. The average Bonchev–Trinajstić information content (AvgIpc) is 2.56. The molecule has 0 saturated heterocycles. The number of nitrogens with zero attached hydrogens (tertiary/aromatic N) is 1. The molecule has 0 atom stereocenters. The zero-order valence-corrected chi connectivity index (χ0v) is 24.1. The molecular formula is C24H37ClFNSiSn. The quantitative estimate of drug-likeness (QED) is 0.366. The first-order chi connectivity index (χ1) is 12.2. The molecule has 2 aromatic carbocycles. The Balaban J connectivity index is -0.000000396. The van der Waals surface area contributed by atoms with E-state index in [1.807, 2.05) is 123 Å². The summed E-state index contributed by atoms with van der Waals surface area (Å²) < 4.78 is 15.3. The molecule has 0 N–H and O–H groups in total. The molecule has 0 aliphatic heterocycles. The van der Waals surface area contributed by atoms with Crippen molar-refractivity contribution in [2.75, 3.05) is 0 Å². The molecule has 0 spiro atoms. The zero-order valence-electron chi connectivity index (χ0n) is 19.5. The van der Waals surface area contributed by atoms with Crippen molar-refractivity contribution in [3.63, 3.8) is 0 Å². The molecule has 2 rings (SSSR count). The molecule has 160 valence electrons. The standard InChI is InChI=1S/C12H27FNSi.2C6H5.ClH.Sn/c1-10(2,3)14-15(13,11(4,5)6)12(7,8)9;2*1-2-4-6-5-3-1;;/h1-9H3;2*1-5H;1H;/q-1;;;;+2/p-1. The molecule has 0 saturated carbocycles. The number of rotatable bonds is 1. The van der Waals surface area contributed by atoms with E-state index in [1.165, 1.54) is 0 Å². The second kappa shape index (κ2) is 14.6. The van der Waals surface area contributed by atoms with Crippen molar-refractivity contribution in [3.8, 4) is 0 Å². The summed E-state index contributed by atoms with van der Waals surface area (Å²) in [7, 11) is -3.16. The van der Waals surface area contributed by atoms with E-state index in [2.05, 4.69) is 17.1 Å². The molecule has 4 radical (unpaired) electrons. The van der Waals surface area contributed by atoms with Crippen LogP contribution in [-0.4, -0.2) is 38.0 Å². The first kappa shape index (κ1) is 33.3. The summed E-state index contributed by atoms with van der Waals surface area (Å²) in [4.78, 5) is 4.56. The van der Waals surface area contributed by atoms with Crippen molar-refractivity contribution in [2.45, 2.75) is 77.9 Å². The largest absolute Gasteiger partial charge is 2.00 e. The molecule has 0 fully saturated rings. The van der Waals surface area contributed by atoms with Crippen molar-refractivity contribution in [3.05, 3.63) is 77.8 Å². The van der Waals surface area contributed by atoms with Crippen LogP contribution >= 0.6 is 0 Å². The van der Waals surface area contributed by atoms with Crippen LogP contribution in [0, 0.1) is 12.1 Å². The van der Waals surface area contributed by atoms with Crippen molar-refractivity contribution < 1.29 is 16.5 Å². The van der Waals surface area contributed by atoms with E-state index in [1.54, 1.807) is 0 Å². The molecule has 0 aromatic heterocycles. The predicted octanol–water partition coefficient (Wildman–Crippen LogP) is 4.77. The van der Waals surface area contributed by atoms with Gasteiger partial charge in [-0.05, 0) is 22.2 Å². The third-order valence-corrected chi connectivity index (χ3v) is 8.65. The molecule has 29 heavy (non-hydrogen) atoms. The zero-order chi connectivity index (χ0) is 21.2. The Morgan fingerprint density at radius 3 is 0.966 bits per heavy atom. The van der Waals surface area contributed by atoms with Gasteiger partial charge in [0.2, 0.25) is 0 Å². The van der Waals surface area contributed by atoms with Crippen molar-refractivity contribution in [1.29, 1.82) is 0 Å². The Hall–Kier alpha value is -0.364. The first-order valence-corrected chi connectivity index (χ1v) is 11.3. The fourth-order valence-corrected chi connectivity index (χ4v) is 6.45. The van der Waals surface area contributed by atoms with Crippen molar-refractivity contribution in [2.24, 2.45) is 0 Å². The number of hydrogen-bond donors (Lipinski definition) is 0. The summed E-state index contributed by atoms with van der Waals surface area (Å²) in [5, 5.41) is -0.697. The van der Waals surface area contributed by atoms with Crippen molar-refractivity contribution in [1.82, 2.24) is 0 Å². The Labute approximate surface area is 203 Å². The summed E-state index contributed by atoms with van der Waals surface area (Å²) in [5.41, 5.74) is -0.290. The molecule has 5 heteroatoms. The van der Waals surface area contributed by atoms with Crippen LogP contribution < -0.4 is 12.4 Å². The molecule has 0 aliphatic rings. The fourth-order valence-electron chi connectivity index (χ4n) is 2.61. The third-order valence-electron chi connectivity index (χ3n) is 3.69. The van der Waals surface area contributed by atoms with Crippen LogP contribution in [0.1, 0.15) is 62.3 Å². The Morgan fingerprint density at radius 1 is 0.621 bits per heavy atom. The van der Waals surface area contributed by atoms with Gasteiger partial charge in [-0.15, -0.1) is 5.54 Å². The maximum absolute atomic E-state index is 15.3. The van der Waals surface area contributed by atoms with Gasteiger partial charge in [0.05, 0.1) is 0 Å². The van der Waals surface area contributed by atoms with Crippen LogP contribution in [-0.2, 0) is 0 Å². The van der Waals surface area contributed by atoms with Crippen LogP contribution in [0.15, 0.2) is 60.7 Å². The monoisotopic (exact) mass is 541 g/mol. The minimum atomic E-state index is -3.16. The van der Waals surface area contributed by atoms with Gasteiger partial charge in [0.15, 0.2) is 8.57 Å². The van der Waals surface area contributed by atoms with E-state index < -0.39 is 8.57 Å². The minimum Gasteiger partial charge on any atom is -1.00 e. The van der Waals surface area contributed by atoms with Gasteiger partial charge in [-0.3, -0.25) is 0 Å². The first-order valence-electron chi connectivity index (χ1n) is 9.46. The SMILES string of the molecule is CC(C)(C)[N-][Si](F)(C(C)(C)C)C(C)(C)C.[Cl-].[Sn+2].[c]1ccccc1.[c]1ccccc1. The van der Waals surface area contributed by atoms with Gasteiger partial charge >= 0.3 is 23.9 Å². The van der Waals surface area contributed by atoms with Gasteiger partial charge in [0, 0.05) is 0 Å². The van der Waals surface area contributed by atoms with Gasteiger partial charge in [0.1, 0.15) is 0 Å². The van der Waals surface area contributed by atoms with Crippen LogP contribution in [0.2, 0.25) is 10.1 Å². The summed E-state index contributed by atoms with van der Waals surface area (Å²) >= 11 is 0. The van der Waals surface area contributed by atoms with E-state index >= 15 is 4.11 Å². The van der Waals surface area contributed by atoms with Gasteiger partial charge in [-0.2, -0.15) is 0 Å². The molecule has 0 amide bonds. The maximum Gasteiger partial charge on any atom is 2.00 e. The van der Waals surface area contributed by atoms with Crippen LogP contribution in [0.5, 0.6) is 0 Å². The number of hydrogen-bond acceptors (Lipinski definition) is 0. The van der Waals surface area contributed by atoms with E-state index in [9.17, 15) is 0 Å². The molecule has 2 aromatic rings. The van der Waals surface area contributed by atoms with Crippen LogP contribution in [0.4, 0.5) is 4.11 Å². The van der Waals surface area contributed by atoms with E-state index in [0.29, 0.717) is 0 Å².